The number of aromatic nitrogens is 2. The molecule has 0 radical (unpaired) electrons. The summed E-state index contributed by atoms with van der Waals surface area (Å²) >= 11 is 0. The largest absolute Gasteiger partial charge is 0.478 e. The molecule has 0 bridgehead atoms. The molecule has 3 heterocycles. The minimum absolute atomic E-state index is 0.101. The van der Waals surface area contributed by atoms with Gasteiger partial charge in [-0.15, -0.1) is 0 Å². The van der Waals surface area contributed by atoms with Gasteiger partial charge in [0.05, 0.1) is 6.61 Å². The van der Waals surface area contributed by atoms with Crippen molar-refractivity contribution in [2.24, 2.45) is 5.92 Å². The molecule has 1 aromatic heterocycles. The van der Waals surface area contributed by atoms with Crippen molar-refractivity contribution in [3.05, 3.63) is 11.9 Å². The van der Waals surface area contributed by atoms with E-state index in [1.807, 2.05) is 19.9 Å². The first-order valence-electron chi connectivity index (χ1n) is 7.72. The molecule has 114 valence electrons. The monoisotopic (exact) mass is 290 g/mol. The Balaban J connectivity index is 1.92. The van der Waals surface area contributed by atoms with Crippen molar-refractivity contribution in [2.75, 3.05) is 24.6 Å². The van der Waals surface area contributed by atoms with Crippen LogP contribution in [0.2, 0.25) is 0 Å². The molecule has 0 spiro atoms. The summed E-state index contributed by atoms with van der Waals surface area (Å²) in [5.74, 6) is 2.61. The molecular formula is C15H22N4O2. The topological polar surface area (TPSA) is 67.3 Å². The molecule has 0 aromatic carbocycles. The summed E-state index contributed by atoms with van der Waals surface area (Å²) in [6.45, 7) is 6.01. The minimum Gasteiger partial charge on any atom is -0.478 e. The lowest BCUT2D eigenvalue weighted by atomic mass is 9.83. The lowest BCUT2D eigenvalue weighted by molar-refractivity contribution is -0.125. The van der Waals surface area contributed by atoms with Crippen molar-refractivity contribution in [1.82, 2.24) is 15.3 Å². The van der Waals surface area contributed by atoms with Gasteiger partial charge in [-0.2, -0.15) is 4.98 Å². The predicted molar refractivity (Wildman–Crippen MR) is 79.4 cm³/mol. The predicted octanol–water partition coefficient (Wildman–Crippen LogP) is 1.29. The maximum atomic E-state index is 12.3. The average Bonchev–Trinajstić information content (AvgIpc) is 2.47. The normalized spacial score (nSPS) is 25.2. The molecule has 6 nitrogen and oxygen atoms in total. The van der Waals surface area contributed by atoms with Crippen LogP contribution in [-0.4, -0.2) is 41.6 Å². The number of carbonyl (C=O) groups excluding carboxylic acids is 1. The third-order valence-electron chi connectivity index (χ3n) is 4.23. The first-order valence-corrected chi connectivity index (χ1v) is 7.72. The van der Waals surface area contributed by atoms with Gasteiger partial charge in [-0.05, 0) is 39.0 Å². The van der Waals surface area contributed by atoms with Crippen LogP contribution in [0.3, 0.4) is 0 Å². The van der Waals surface area contributed by atoms with Crippen LogP contribution < -0.4 is 15.0 Å². The Morgan fingerprint density at radius 3 is 3.10 bits per heavy atom. The van der Waals surface area contributed by atoms with E-state index in [1.165, 1.54) is 0 Å². The molecular weight excluding hydrogens is 268 g/mol. The molecule has 0 saturated carbocycles. The van der Waals surface area contributed by atoms with E-state index in [0.717, 1.165) is 38.2 Å². The zero-order valence-corrected chi connectivity index (χ0v) is 12.6. The van der Waals surface area contributed by atoms with Crippen LogP contribution in [0.5, 0.6) is 5.88 Å². The highest BCUT2D eigenvalue weighted by atomic mass is 16.5. The van der Waals surface area contributed by atoms with Gasteiger partial charge in [0.2, 0.25) is 11.8 Å². The summed E-state index contributed by atoms with van der Waals surface area (Å²) in [5, 5.41) is 2.98. The lowest BCUT2D eigenvalue weighted by Crippen LogP contribution is -2.58. The molecule has 1 aromatic rings. The Hall–Kier alpha value is -1.85. The van der Waals surface area contributed by atoms with Crippen molar-refractivity contribution < 1.29 is 9.53 Å². The van der Waals surface area contributed by atoms with Gasteiger partial charge in [-0.3, -0.25) is 4.79 Å². The Morgan fingerprint density at radius 2 is 2.29 bits per heavy atom. The van der Waals surface area contributed by atoms with Gasteiger partial charge in [-0.1, -0.05) is 0 Å². The summed E-state index contributed by atoms with van der Waals surface area (Å²) in [7, 11) is 0. The van der Waals surface area contributed by atoms with Crippen molar-refractivity contribution in [2.45, 2.75) is 39.2 Å². The molecule has 1 N–H and O–H groups in total. The number of carbonyl (C=O) groups is 1. The first-order chi connectivity index (χ1) is 10.2. The number of nitrogens with one attached hydrogen (secondary N) is 1. The third kappa shape index (κ3) is 2.80. The number of anilines is 1. The van der Waals surface area contributed by atoms with E-state index in [4.69, 9.17) is 4.74 Å². The Kier molecular flexibility index (Phi) is 3.94. The smallest absolute Gasteiger partial charge is 0.243 e. The number of fused-ring (bicyclic) bond motifs is 1. The molecule has 21 heavy (non-hydrogen) atoms. The highest BCUT2D eigenvalue weighted by Crippen LogP contribution is 2.32. The fourth-order valence-corrected chi connectivity index (χ4v) is 3.37. The van der Waals surface area contributed by atoms with Gasteiger partial charge < -0.3 is 15.0 Å². The molecule has 2 aliphatic rings. The molecule has 2 saturated heterocycles. The number of hydrogen-bond acceptors (Lipinski definition) is 5. The molecule has 6 heteroatoms. The highest BCUT2D eigenvalue weighted by Gasteiger charge is 2.39. The second-order valence-electron chi connectivity index (χ2n) is 5.66. The second kappa shape index (κ2) is 5.87. The molecule has 2 atom stereocenters. The second-order valence-corrected chi connectivity index (χ2v) is 5.66. The SMILES string of the molecule is CCOc1cc(N2CCCC3CCNC(=O)C32)nc(C)n1. The fourth-order valence-electron chi connectivity index (χ4n) is 3.37. The molecule has 2 unspecified atom stereocenters. The Bertz CT molecular complexity index is 532. The number of ether oxygens (including phenoxy) is 1. The van der Waals surface area contributed by atoms with Crippen LogP contribution in [0.4, 0.5) is 5.82 Å². The van der Waals surface area contributed by atoms with E-state index < -0.39 is 0 Å². The molecule has 0 aliphatic carbocycles. The Morgan fingerprint density at radius 1 is 1.43 bits per heavy atom. The van der Waals surface area contributed by atoms with Gasteiger partial charge in [0.25, 0.3) is 0 Å². The highest BCUT2D eigenvalue weighted by molar-refractivity contribution is 5.86. The Labute approximate surface area is 124 Å². The molecule has 2 aliphatic heterocycles. The summed E-state index contributed by atoms with van der Waals surface area (Å²) in [6, 6.07) is 1.75. The molecule has 1 amide bonds. The minimum atomic E-state index is -0.101. The van der Waals surface area contributed by atoms with Crippen molar-refractivity contribution in [1.29, 1.82) is 0 Å². The van der Waals surface area contributed by atoms with Gasteiger partial charge in [0, 0.05) is 19.2 Å². The van der Waals surface area contributed by atoms with Crippen LogP contribution in [-0.2, 0) is 4.79 Å². The summed E-state index contributed by atoms with van der Waals surface area (Å²) in [5.41, 5.74) is 0. The standard InChI is InChI=1S/C15H22N4O2/c1-3-21-13-9-12(17-10(2)18-13)19-8-4-5-11-6-7-16-15(20)14(11)19/h9,11,14H,3-8H2,1-2H3,(H,16,20). The molecule has 2 fully saturated rings. The maximum Gasteiger partial charge on any atom is 0.243 e. The van der Waals surface area contributed by atoms with E-state index in [1.54, 1.807) is 0 Å². The molecule has 3 rings (SSSR count). The van der Waals surface area contributed by atoms with E-state index in [9.17, 15) is 4.79 Å². The van der Waals surface area contributed by atoms with Crippen molar-refractivity contribution >= 4 is 11.7 Å². The van der Waals surface area contributed by atoms with Crippen LogP contribution in [0.1, 0.15) is 32.0 Å². The van der Waals surface area contributed by atoms with Gasteiger partial charge in [-0.25, -0.2) is 4.98 Å². The maximum absolute atomic E-state index is 12.3. The van der Waals surface area contributed by atoms with Crippen LogP contribution in [0.25, 0.3) is 0 Å². The number of hydrogen-bond donors (Lipinski definition) is 1. The summed E-state index contributed by atoms with van der Waals surface area (Å²) < 4.78 is 5.50. The van der Waals surface area contributed by atoms with Gasteiger partial charge >= 0.3 is 0 Å². The van der Waals surface area contributed by atoms with Crippen molar-refractivity contribution in [3.63, 3.8) is 0 Å². The van der Waals surface area contributed by atoms with Crippen LogP contribution in [0, 0.1) is 12.8 Å². The van der Waals surface area contributed by atoms with Gasteiger partial charge in [0.15, 0.2) is 0 Å². The first kappa shape index (κ1) is 14.1. The number of nitrogens with zero attached hydrogens (tertiary/aromatic N) is 3. The third-order valence-corrected chi connectivity index (χ3v) is 4.23. The summed E-state index contributed by atoms with van der Waals surface area (Å²) in [6.07, 6.45) is 3.27. The van der Waals surface area contributed by atoms with Crippen molar-refractivity contribution in [3.8, 4) is 5.88 Å². The average molecular weight is 290 g/mol. The lowest BCUT2D eigenvalue weighted by Gasteiger charge is -2.43. The number of rotatable bonds is 3. The van der Waals surface area contributed by atoms with E-state index in [2.05, 4.69) is 20.2 Å². The van der Waals surface area contributed by atoms with E-state index >= 15 is 0 Å². The summed E-state index contributed by atoms with van der Waals surface area (Å²) in [4.78, 5) is 23.2. The number of aryl methyl sites for hydroxylation is 1. The van der Waals surface area contributed by atoms with Gasteiger partial charge in [0.1, 0.15) is 17.7 Å². The van der Waals surface area contributed by atoms with Crippen LogP contribution >= 0.6 is 0 Å². The van der Waals surface area contributed by atoms with E-state index in [0.29, 0.717) is 24.2 Å². The fraction of sp³-hybridized carbons (Fsp3) is 0.667. The van der Waals surface area contributed by atoms with Crippen LogP contribution in [0.15, 0.2) is 6.07 Å². The zero-order valence-electron chi connectivity index (χ0n) is 12.6. The number of piperidine rings is 2. The quantitative estimate of drug-likeness (QED) is 0.908. The zero-order chi connectivity index (χ0) is 14.8. The number of amides is 1. The van der Waals surface area contributed by atoms with E-state index in [-0.39, 0.29) is 11.9 Å².